The maximum Gasteiger partial charge on any atom is 0.417 e. The lowest BCUT2D eigenvalue weighted by atomic mass is 9.90. The summed E-state index contributed by atoms with van der Waals surface area (Å²) in [7, 11) is 0. The van der Waals surface area contributed by atoms with Gasteiger partial charge >= 0.3 is 6.09 Å². The summed E-state index contributed by atoms with van der Waals surface area (Å²) in [5.41, 5.74) is 4.04. The molecule has 1 aromatic heterocycles. The van der Waals surface area contributed by atoms with Gasteiger partial charge in [0.15, 0.2) is 0 Å². The topological polar surface area (TPSA) is 64.4 Å². The van der Waals surface area contributed by atoms with E-state index >= 15 is 0 Å². The molecule has 1 atom stereocenters. The molecule has 0 N–H and O–H groups in total. The zero-order valence-corrected chi connectivity index (χ0v) is 16.8. The van der Waals surface area contributed by atoms with Crippen molar-refractivity contribution in [3.05, 3.63) is 47.5 Å². The average molecular weight is 381 g/mol. The Morgan fingerprint density at radius 2 is 2.04 bits per heavy atom. The molecule has 1 fully saturated rings. The summed E-state index contributed by atoms with van der Waals surface area (Å²) in [6, 6.07) is 8.37. The number of para-hydroxylation sites is 1. The fraction of sp³-hybridized carbons (Fsp3) is 0.500. The minimum atomic E-state index is -0.610. The Balaban J connectivity index is 1.52. The lowest BCUT2D eigenvalue weighted by Gasteiger charge is -2.32. The number of hydrogen-bond acceptors (Lipinski definition) is 4. The number of imide groups is 1. The number of nitrogens with zero attached hydrogens (tertiary/aromatic N) is 3. The van der Waals surface area contributed by atoms with E-state index in [2.05, 4.69) is 27.8 Å². The largest absolute Gasteiger partial charge is 0.443 e. The van der Waals surface area contributed by atoms with Crippen molar-refractivity contribution in [3.63, 3.8) is 0 Å². The summed E-state index contributed by atoms with van der Waals surface area (Å²) in [5.74, 6) is -0.364. The number of carbonyl (C=O) groups is 2. The van der Waals surface area contributed by atoms with Crippen LogP contribution in [0.1, 0.15) is 50.6 Å². The van der Waals surface area contributed by atoms with Gasteiger partial charge in [0.2, 0.25) is 5.91 Å². The highest BCUT2D eigenvalue weighted by atomic mass is 16.6. The van der Waals surface area contributed by atoms with Crippen molar-refractivity contribution in [3.8, 4) is 5.69 Å². The van der Waals surface area contributed by atoms with Gasteiger partial charge in [-0.2, -0.15) is 0 Å². The molecule has 28 heavy (non-hydrogen) atoms. The number of rotatable bonds is 2. The van der Waals surface area contributed by atoms with Crippen LogP contribution in [0.2, 0.25) is 0 Å². The second-order valence-electron chi connectivity index (χ2n) is 8.65. The minimum absolute atomic E-state index is 0.140. The van der Waals surface area contributed by atoms with Crippen LogP contribution in [0.3, 0.4) is 0 Å². The molecule has 0 spiro atoms. The summed E-state index contributed by atoms with van der Waals surface area (Å²) >= 11 is 0. The molecule has 6 nitrogen and oxygen atoms in total. The van der Waals surface area contributed by atoms with Crippen molar-refractivity contribution in [1.82, 2.24) is 14.5 Å². The van der Waals surface area contributed by atoms with Crippen molar-refractivity contribution in [2.75, 3.05) is 6.54 Å². The number of likely N-dealkylation sites (tertiary alicyclic amines) is 1. The molecule has 2 aromatic rings. The first kappa shape index (κ1) is 18.7. The lowest BCUT2D eigenvalue weighted by Crippen LogP contribution is -2.47. The highest BCUT2D eigenvalue weighted by Crippen LogP contribution is 2.29. The Kier molecular flexibility index (Phi) is 4.73. The molecule has 148 valence electrons. The van der Waals surface area contributed by atoms with Gasteiger partial charge in [-0.15, -0.1) is 0 Å². The molecule has 1 saturated heterocycles. The summed E-state index contributed by atoms with van der Waals surface area (Å²) in [4.78, 5) is 31.2. The first-order valence-electron chi connectivity index (χ1n) is 10.0. The maximum absolute atomic E-state index is 12.9. The number of carbonyl (C=O) groups excluding carboxylic acids is 2. The van der Waals surface area contributed by atoms with Crippen LogP contribution in [0.15, 0.2) is 30.6 Å². The van der Waals surface area contributed by atoms with E-state index in [0.717, 1.165) is 31.4 Å². The Labute approximate surface area is 165 Å². The maximum atomic E-state index is 12.9. The van der Waals surface area contributed by atoms with E-state index in [1.54, 1.807) is 0 Å². The van der Waals surface area contributed by atoms with Crippen molar-refractivity contribution < 1.29 is 14.3 Å². The van der Waals surface area contributed by atoms with E-state index in [9.17, 15) is 9.59 Å². The van der Waals surface area contributed by atoms with E-state index in [0.29, 0.717) is 13.0 Å². The van der Waals surface area contributed by atoms with Gasteiger partial charge in [-0.3, -0.25) is 4.79 Å². The van der Waals surface area contributed by atoms with Crippen molar-refractivity contribution in [2.24, 2.45) is 5.92 Å². The second kappa shape index (κ2) is 7.08. The molecule has 2 aliphatic rings. The second-order valence-corrected chi connectivity index (χ2v) is 8.65. The smallest absolute Gasteiger partial charge is 0.417 e. The summed E-state index contributed by atoms with van der Waals surface area (Å²) < 4.78 is 7.55. The number of hydrogen-bond donors (Lipinski definition) is 0. The number of aromatic nitrogens is 2. The number of fused-ring (bicyclic) bond motifs is 3. The average Bonchev–Trinajstić information content (AvgIpc) is 3.05. The van der Waals surface area contributed by atoms with Crippen LogP contribution >= 0.6 is 0 Å². The van der Waals surface area contributed by atoms with Crippen LogP contribution in [0.5, 0.6) is 0 Å². The number of piperidine rings is 1. The summed E-state index contributed by atoms with van der Waals surface area (Å²) in [6.45, 7) is 5.86. The third-order valence-corrected chi connectivity index (χ3v) is 5.44. The van der Waals surface area contributed by atoms with Gasteiger partial charge in [0.1, 0.15) is 5.60 Å². The summed E-state index contributed by atoms with van der Waals surface area (Å²) in [6.07, 6.45) is 5.38. The molecular weight excluding hydrogens is 354 g/mol. The molecule has 0 saturated carbocycles. The monoisotopic (exact) mass is 381 g/mol. The minimum Gasteiger partial charge on any atom is -0.443 e. The summed E-state index contributed by atoms with van der Waals surface area (Å²) in [5, 5.41) is 0. The third-order valence-electron chi connectivity index (χ3n) is 5.44. The first-order valence-corrected chi connectivity index (χ1v) is 10.0. The van der Waals surface area contributed by atoms with Crippen LogP contribution < -0.4 is 0 Å². The normalized spacial score (nSPS) is 19.2. The van der Waals surface area contributed by atoms with Gasteiger partial charge in [0.05, 0.1) is 12.0 Å². The highest BCUT2D eigenvalue weighted by Gasteiger charge is 2.36. The molecule has 0 bridgehead atoms. The fourth-order valence-corrected chi connectivity index (χ4v) is 4.13. The van der Waals surface area contributed by atoms with E-state index in [1.807, 2.05) is 33.2 Å². The molecule has 0 aliphatic carbocycles. The zero-order valence-electron chi connectivity index (χ0n) is 16.8. The molecule has 2 amide bonds. The molecule has 1 unspecified atom stereocenters. The molecule has 6 heteroatoms. The van der Waals surface area contributed by atoms with Crippen molar-refractivity contribution in [1.29, 1.82) is 0 Å². The van der Waals surface area contributed by atoms with Gasteiger partial charge < -0.3 is 9.30 Å². The van der Waals surface area contributed by atoms with Crippen molar-refractivity contribution >= 4 is 12.0 Å². The number of imidazole rings is 1. The van der Waals surface area contributed by atoms with E-state index in [1.165, 1.54) is 21.8 Å². The van der Waals surface area contributed by atoms with Crippen LogP contribution in [0, 0.1) is 5.92 Å². The number of benzene rings is 1. The van der Waals surface area contributed by atoms with E-state index in [4.69, 9.17) is 4.74 Å². The van der Waals surface area contributed by atoms with Gasteiger partial charge in [0.25, 0.3) is 0 Å². The van der Waals surface area contributed by atoms with Gasteiger partial charge in [-0.05, 0) is 58.1 Å². The number of aryl methyl sites for hydroxylation is 1. The van der Waals surface area contributed by atoms with Crippen LogP contribution in [-0.2, 0) is 28.8 Å². The Morgan fingerprint density at radius 1 is 1.25 bits per heavy atom. The zero-order chi connectivity index (χ0) is 19.9. The Morgan fingerprint density at radius 3 is 2.82 bits per heavy atom. The van der Waals surface area contributed by atoms with Crippen LogP contribution in [0.25, 0.3) is 5.69 Å². The fourth-order valence-electron chi connectivity index (χ4n) is 4.13. The standard InChI is InChI=1S/C22H27N3O3/c1-22(2,3)28-21(27)24-12-6-8-16(20(24)26)13-17-19-11-10-15-7-4-5-9-18(15)25(19)14-23-17/h4-5,7,9,14,16H,6,8,10-13H2,1-3H3. The van der Waals surface area contributed by atoms with Gasteiger partial charge in [0, 0.05) is 30.3 Å². The third kappa shape index (κ3) is 3.55. The Bertz CT molecular complexity index is 910. The predicted octanol–water partition coefficient (Wildman–Crippen LogP) is 3.69. The quantitative estimate of drug-likeness (QED) is 0.796. The first-order chi connectivity index (χ1) is 13.3. The number of ether oxygens (including phenoxy) is 1. The van der Waals surface area contributed by atoms with E-state index in [-0.39, 0.29) is 11.8 Å². The predicted molar refractivity (Wildman–Crippen MR) is 105 cm³/mol. The molecule has 0 radical (unpaired) electrons. The molecular formula is C22H27N3O3. The molecule has 3 heterocycles. The van der Waals surface area contributed by atoms with Crippen LogP contribution in [0.4, 0.5) is 4.79 Å². The molecule has 2 aliphatic heterocycles. The Hall–Kier alpha value is -2.63. The highest BCUT2D eigenvalue weighted by molar-refractivity contribution is 5.94. The van der Waals surface area contributed by atoms with Gasteiger partial charge in [-0.25, -0.2) is 14.7 Å². The number of amides is 2. The van der Waals surface area contributed by atoms with E-state index < -0.39 is 11.7 Å². The SMILES string of the molecule is CC(C)(C)OC(=O)N1CCCC(Cc2ncn3c2CCc2ccccc2-3)C1=O. The molecule has 4 rings (SSSR count). The van der Waals surface area contributed by atoms with Gasteiger partial charge in [-0.1, -0.05) is 18.2 Å². The molecule has 1 aromatic carbocycles. The lowest BCUT2D eigenvalue weighted by molar-refractivity contribution is -0.137. The van der Waals surface area contributed by atoms with Crippen LogP contribution in [-0.4, -0.2) is 38.6 Å². The van der Waals surface area contributed by atoms with Crippen molar-refractivity contribution in [2.45, 2.75) is 58.5 Å².